The monoisotopic (exact) mass is 489 g/mol. The minimum absolute atomic E-state index is 0.0263. The maximum Gasteiger partial charge on any atom is 0.274 e. The van der Waals surface area contributed by atoms with E-state index in [0.717, 1.165) is 10.6 Å². The van der Waals surface area contributed by atoms with Gasteiger partial charge < -0.3 is 15.6 Å². The molecule has 0 spiro atoms. The molecule has 0 bridgehead atoms. The van der Waals surface area contributed by atoms with Crippen molar-refractivity contribution in [3.63, 3.8) is 0 Å². The third-order valence-corrected chi connectivity index (χ3v) is 6.27. The number of hydrogen-bond donors (Lipinski definition) is 5. The SMILES string of the molecule is Cc1ccc(C(=O)Nc2cc(C(=O)C3CCN(O)CC3O)cc(-c3ccc(C(=O)NO)cc3)c2)cc1. The van der Waals surface area contributed by atoms with E-state index in [4.69, 9.17) is 5.21 Å². The molecule has 5 N–H and O–H groups in total. The van der Waals surface area contributed by atoms with Gasteiger partial charge in [-0.05, 0) is 66.9 Å². The third-order valence-electron chi connectivity index (χ3n) is 6.27. The van der Waals surface area contributed by atoms with Crippen LogP contribution in [0.2, 0.25) is 0 Å². The van der Waals surface area contributed by atoms with Gasteiger partial charge in [0.2, 0.25) is 0 Å². The van der Waals surface area contributed by atoms with Crippen molar-refractivity contribution in [2.45, 2.75) is 19.4 Å². The molecular formula is C27H27N3O6. The Hall–Kier alpha value is -3.89. The number of anilines is 1. The second kappa shape index (κ2) is 10.8. The van der Waals surface area contributed by atoms with Crippen LogP contribution in [0.3, 0.4) is 0 Å². The van der Waals surface area contributed by atoms with E-state index in [9.17, 15) is 24.7 Å². The molecule has 1 fully saturated rings. The van der Waals surface area contributed by atoms with Crippen LogP contribution >= 0.6 is 0 Å². The molecule has 1 saturated heterocycles. The molecule has 1 heterocycles. The van der Waals surface area contributed by atoms with Crippen molar-refractivity contribution in [2.75, 3.05) is 18.4 Å². The average Bonchev–Trinajstić information content (AvgIpc) is 2.88. The lowest BCUT2D eigenvalue weighted by atomic mass is 9.86. The summed E-state index contributed by atoms with van der Waals surface area (Å²) in [7, 11) is 0. The van der Waals surface area contributed by atoms with Crippen molar-refractivity contribution in [1.29, 1.82) is 0 Å². The first kappa shape index (κ1) is 25.2. The van der Waals surface area contributed by atoms with Gasteiger partial charge in [0.25, 0.3) is 11.8 Å². The number of aliphatic hydroxyl groups excluding tert-OH is 1. The van der Waals surface area contributed by atoms with Crippen LogP contribution in [0.25, 0.3) is 11.1 Å². The summed E-state index contributed by atoms with van der Waals surface area (Å²) in [5, 5.41) is 32.7. The minimum Gasteiger partial charge on any atom is -0.391 e. The lowest BCUT2D eigenvalue weighted by molar-refractivity contribution is -0.141. The van der Waals surface area contributed by atoms with Crippen molar-refractivity contribution in [1.82, 2.24) is 10.5 Å². The number of nitrogens with zero attached hydrogens (tertiary/aromatic N) is 1. The first-order valence-corrected chi connectivity index (χ1v) is 11.5. The van der Waals surface area contributed by atoms with Crippen molar-refractivity contribution in [2.24, 2.45) is 5.92 Å². The number of carbonyl (C=O) groups excluding carboxylic acids is 3. The van der Waals surface area contributed by atoms with E-state index in [-0.39, 0.29) is 36.8 Å². The summed E-state index contributed by atoms with van der Waals surface area (Å²) in [6.07, 6.45) is -0.738. The number of piperidine rings is 1. The molecule has 0 aromatic heterocycles. The number of nitrogens with one attached hydrogen (secondary N) is 2. The summed E-state index contributed by atoms with van der Waals surface area (Å²) in [6.45, 7) is 2.16. The van der Waals surface area contributed by atoms with Crippen LogP contribution in [-0.2, 0) is 0 Å². The number of aryl methyl sites for hydroxylation is 1. The standard InChI is InChI=1S/C27H27N3O6/c1-16-2-4-18(5-3-16)26(33)28-22-13-20(17-6-8-19(9-7-17)27(34)29-35)12-21(14-22)25(32)23-10-11-30(36)15-24(23)31/h2-9,12-14,23-24,31,35-36H,10-11,15H2,1H3,(H,28,33)(H,29,34). The Bertz CT molecular complexity index is 1270. The summed E-state index contributed by atoms with van der Waals surface area (Å²) in [5.41, 5.74) is 5.31. The van der Waals surface area contributed by atoms with Gasteiger partial charge >= 0.3 is 0 Å². The van der Waals surface area contributed by atoms with Gasteiger partial charge in [-0.1, -0.05) is 29.8 Å². The third kappa shape index (κ3) is 5.67. The van der Waals surface area contributed by atoms with E-state index in [1.54, 1.807) is 47.9 Å². The predicted octanol–water partition coefficient (Wildman–Crippen LogP) is 3.29. The Morgan fingerprint density at radius 1 is 0.861 bits per heavy atom. The second-order valence-corrected chi connectivity index (χ2v) is 8.88. The summed E-state index contributed by atoms with van der Waals surface area (Å²) >= 11 is 0. The zero-order valence-electron chi connectivity index (χ0n) is 19.6. The molecule has 0 saturated carbocycles. The van der Waals surface area contributed by atoms with Crippen molar-refractivity contribution in [3.05, 3.63) is 89.0 Å². The fourth-order valence-corrected chi connectivity index (χ4v) is 4.23. The number of benzene rings is 3. The Morgan fingerprint density at radius 2 is 1.50 bits per heavy atom. The van der Waals surface area contributed by atoms with Crippen LogP contribution < -0.4 is 10.8 Å². The quantitative estimate of drug-likeness (QED) is 0.203. The van der Waals surface area contributed by atoms with Gasteiger partial charge in [-0.25, -0.2) is 5.48 Å². The van der Waals surface area contributed by atoms with Crippen LogP contribution in [0, 0.1) is 12.8 Å². The lowest BCUT2D eigenvalue weighted by Crippen LogP contribution is -2.45. The molecule has 186 valence electrons. The normalized spacial score (nSPS) is 17.9. The molecule has 4 rings (SSSR count). The van der Waals surface area contributed by atoms with Crippen molar-refractivity contribution in [3.8, 4) is 11.1 Å². The number of amides is 2. The molecule has 0 aliphatic carbocycles. The number of ketones is 1. The van der Waals surface area contributed by atoms with E-state index >= 15 is 0 Å². The largest absolute Gasteiger partial charge is 0.391 e. The summed E-state index contributed by atoms with van der Waals surface area (Å²) < 4.78 is 0. The molecule has 0 radical (unpaired) electrons. The van der Waals surface area contributed by atoms with Gasteiger partial charge in [0.15, 0.2) is 5.78 Å². The Kier molecular flexibility index (Phi) is 7.56. The van der Waals surface area contributed by atoms with Crippen LogP contribution in [-0.4, -0.2) is 57.4 Å². The predicted molar refractivity (Wildman–Crippen MR) is 132 cm³/mol. The van der Waals surface area contributed by atoms with Gasteiger partial charge in [0.05, 0.1) is 18.6 Å². The second-order valence-electron chi connectivity index (χ2n) is 8.88. The number of β-amino-alcohol motifs (C(OH)–C–C–N with tert-alkyl or cyclic N) is 1. The number of Topliss-reactive ketones (excluding diaryl/α,β-unsaturated/α-hetero) is 1. The van der Waals surface area contributed by atoms with Crippen LogP contribution in [0.15, 0.2) is 66.7 Å². The minimum atomic E-state index is -1.03. The molecule has 3 aromatic rings. The Morgan fingerprint density at radius 3 is 2.14 bits per heavy atom. The lowest BCUT2D eigenvalue weighted by Gasteiger charge is -2.31. The molecule has 2 amide bonds. The highest BCUT2D eigenvalue weighted by Crippen LogP contribution is 2.29. The topological polar surface area (TPSA) is 139 Å². The molecule has 1 aliphatic rings. The first-order chi connectivity index (χ1) is 17.2. The van der Waals surface area contributed by atoms with Crippen LogP contribution in [0.4, 0.5) is 5.69 Å². The molecule has 2 atom stereocenters. The molecule has 1 aliphatic heterocycles. The van der Waals surface area contributed by atoms with Gasteiger partial charge in [0.1, 0.15) is 0 Å². The van der Waals surface area contributed by atoms with Crippen molar-refractivity contribution < 1.29 is 29.9 Å². The van der Waals surface area contributed by atoms with Gasteiger partial charge in [0, 0.05) is 28.9 Å². The van der Waals surface area contributed by atoms with E-state index < -0.39 is 17.9 Å². The average molecular weight is 490 g/mol. The summed E-state index contributed by atoms with van der Waals surface area (Å²) in [4.78, 5) is 37.9. The molecule has 9 nitrogen and oxygen atoms in total. The Labute approximate surface area is 207 Å². The van der Waals surface area contributed by atoms with Gasteiger partial charge in [-0.3, -0.25) is 19.6 Å². The van der Waals surface area contributed by atoms with Gasteiger partial charge in [-0.2, -0.15) is 5.06 Å². The number of hydrogen-bond acceptors (Lipinski definition) is 7. The fourth-order valence-electron chi connectivity index (χ4n) is 4.23. The number of rotatable bonds is 6. The smallest absolute Gasteiger partial charge is 0.274 e. The number of aliphatic hydroxyl groups is 1. The molecular weight excluding hydrogens is 462 g/mol. The first-order valence-electron chi connectivity index (χ1n) is 11.5. The zero-order chi connectivity index (χ0) is 25.8. The zero-order valence-corrected chi connectivity index (χ0v) is 19.6. The Balaban J connectivity index is 1.69. The molecule has 3 aromatic carbocycles. The summed E-state index contributed by atoms with van der Waals surface area (Å²) in [5.74, 6) is -1.98. The van der Waals surface area contributed by atoms with Crippen LogP contribution in [0.1, 0.15) is 43.1 Å². The van der Waals surface area contributed by atoms with E-state index in [1.807, 2.05) is 19.1 Å². The molecule has 2 unspecified atom stereocenters. The highest BCUT2D eigenvalue weighted by molar-refractivity contribution is 6.06. The number of hydroxylamine groups is 3. The van der Waals surface area contributed by atoms with Crippen LogP contribution in [0.5, 0.6) is 0 Å². The van der Waals surface area contributed by atoms with E-state index in [0.29, 0.717) is 27.9 Å². The fraction of sp³-hybridized carbons (Fsp3) is 0.222. The number of carbonyl (C=O) groups is 3. The summed E-state index contributed by atoms with van der Waals surface area (Å²) in [6, 6.07) is 18.4. The maximum atomic E-state index is 13.4. The van der Waals surface area contributed by atoms with E-state index in [1.165, 1.54) is 12.1 Å². The highest BCUT2D eigenvalue weighted by atomic mass is 16.5. The van der Waals surface area contributed by atoms with E-state index in [2.05, 4.69) is 5.32 Å². The van der Waals surface area contributed by atoms with Gasteiger partial charge in [-0.15, -0.1) is 0 Å². The molecule has 36 heavy (non-hydrogen) atoms. The van der Waals surface area contributed by atoms with Crippen molar-refractivity contribution >= 4 is 23.3 Å². The maximum absolute atomic E-state index is 13.4. The highest BCUT2D eigenvalue weighted by Gasteiger charge is 2.33. The molecule has 9 heteroatoms.